The van der Waals surface area contributed by atoms with Crippen molar-refractivity contribution in [1.82, 2.24) is 10.6 Å². The zero-order chi connectivity index (χ0) is 18.5. The lowest BCUT2D eigenvalue weighted by atomic mass is 10.1. The molecule has 0 amide bonds. The molecule has 0 atom stereocenters. The van der Waals surface area contributed by atoms with Crippen molar-refractivity contribution < 1.29 is 14.2 Å². The van der Waals surface area contributed by atoms with Gasteiger partial charge in [-0.3, -0.25) is 4.99 Å². The molecule has 0 radical (unpaired) electrons. The zero-order valence-corrected chi connectivity index (χ0v) is 18.9. The standard InChI is InChI=1S/C20H33N3O3.HI/c1-3-24-11-5-10-22-20(21-2)23-15-17-6-4-7-18(14-17)16-26-19-8-12-25-13-9-19;/h4,6-7,14,19H,3,5,8-13,15-16H2,1-2H3,(H2,21,22,23);1H. The minimum absolute atomic E-state index is 0. The summed E-state index contributed by atoms with van der Waals surface area (Å²) in [5.41, 5.74) is 2.42. The van der Waals surface area contributed by atoms with Crippen molar-refractivity contribution in [2.75, 3.05) is 40.0 Å². The van der Waals surface area contributed by atoms with Crippen LogP contribution < -0.4 is 10.6 Å². The Morgan fingerprint density at radius 3 is 2.74 bits per heavy atom. The Hall–Kier alpha value is -0.900. The highest BCUT2D eigenvalue weighted by atomic mass is 127. The van der Waals surface area contributed by atoms with Gasteiger partial charge in [-0.1, -0.05) is 24.3 Å². The fraction of sp³-hybridized carbons (Fsp3) is 0.650. The summed E-state index contributed by atoms with van der Waals surface area (Å²) < 4.78 is 16.7. The molecule has 1 fully saturated rings. The number of benzene rings is 1. The third-order valence-corrected chi connectivity index (χ3v) is 4.29. The molecular formula is C20H34IN3O3. The first-order valence-electron chi connectivity index (χ1n) is 9.61. The summed E-state index contributed by atoms with van der Waals surface area (Å²) in [4.78, 5) is 4.26. The number of rotatable bonds is 10. The highest BCUT2D eigenvalue weighted by molar-refractivity contribution is 14.0. The third kappa shape index (κ3) is 10.3. The molecule has 2 rings (SSSR count). The number of nitrogens with one attached hydrogen (secondary N) is 2. The van der Waals surface area contributed by atoms with Gasteiger partial charge in [-0.05, 0) is 37.3 Å². The number of guanidine groups is 1. The summed E-state index contributed by atoms with van der Waals surface area (Å²) in [5, 5.41) is 6.65. The predicted octanol–water partition coefficient (Wildman–Crippen LogP) is 3.09. The first-order valence-corrected chi connectivity index (χ1v) is 9.61. The van der Waals surface area contributed by atoms with Gasteiger partial charge in [-0.25, -0.2) is 0 Å². The van der Waals surface area contributed by atoms with Crippen LogP contribution in [0, 0.1) is 0 Å². The molecule has 1 heterocycles. The average molecular weight is 491 g/mol. The summed E-state index contributed by atoms with van der Waals surface area (Å²) in [7, 11) is 1.79. The molecule has 1 aromatic rings. The lowest BCUT2D eigenvalue weighted by Gasteiger charge is -2.22. The van der Waals surface area contributed by atoms with Crippen molar-refractivity contribution in [3.05, 3.63) is 35.4 Å². The van der Waals surface area contributed by atoms with Crippen LogP contribution in [0.1, 0.15) is 37.3 Å². The Kier molecular flexibility index (Phi) is 13.5. The average Bonchev–Trinajstić information content (AvgIpc) is 2.69. The van der Waals surface area contributed by atoms with Gasteiger partial charge in [0.05, 0.1) is 12.7 Å². The Morgan fingerprint density at radius 1 is 1.22 bits per heavy atom. The van der Waals surface area contributed by atoms with Crippen molar-refractivity contribution >= 4 is 29.9 Å². The van der Waals surface area contributed by atoms with Gasteiger partial charge in [0.1, 0.15) is 0 Å². The van der Waals surface area contributed by atoms with E-state index in [2.05, 4.69) is 39.9 Å². The molecule has 1 aliphatic rings. The quantitative estimate of drug-likeness (QED) is 0.228. The van der Waals surface area contributed by atoms with E-state index in [4.69, 9.17) is 14.2 Å². The van der Waals surface area contributed by atoms with Crippen LogP contribution in [-0.4, -0.2) is 52.1 Å². The van der Waals surface area contributed by atoms with Crippen LogP contribution in [0.15, 0.2) is 29.3 Å². The molecular weight excluding hydrogens is 457 g/mol. The van der Waals surface area contributed by atoms with Crippen LogP contribution in [0.2, 0.25) is 0 Å². The normalized spacial score (nSPS) is 15.3. The highest BCUT2D eigenvalue weighted by Crippen LogP contribution is 2.14. The molecule has 0 aromatic heterocycles. The van der Waals surface area contributed by atoms with E-state index in [0.29, 0.717) is 12.7 Å². The van der Waals surface area contributed by atoms with Gasteiger partial charge in [0, 0.05) is 46.6 Å². The largest absolute Gasteiger partial charge is 0.382 e. The van der Waals surface area contributed by atoms with Crippen LogP contribution in [0.25, 0.3) is 0 Å². The SMILES string of the molecule is CCOCCCNC(=NC)NCc1cccc(COC2CCOCC2)c1.I. The summed E-state index contributed by atoms with van der Waals surface area (Å²) >= 11 is 0. The molecule has 0 bridgehead atoms. The molecule has 0 unspecified atom stereocenters. The fourth-order valence-corrected chi connectivity index (χ4v) is 2.82. The summed E-state index contributed by atoms with van der Waals surface area (Å²) in [6, 6.07) is 8.50. The smallest absolute Gasteiger partial charge is 0.191 e. The maximum absolute atomic E-state index is 6.01. The van der Waals surface area contributed by atoms with E-state index in [9.17, 15) is 0 Å². The van der Waals surface area contributed by atoms with Crippen LogP contribution >= 0.6 is 24.0 Å². The number of hydrogen-bond acceptors (Lipinski definition) is 4. The number of hydrogen-bond donors (Lipinski definition) is 2. The number of aliphatic imine (C=N–C) groups is 1. The van der Waals surface area contributed by atoms with Crippen LogP contribution in [0.4, 0.5) is 0 Å². The van der Waals surface area contributed by atoms with Crippen molar-refractivity contribution in [2.45, 2.75) is 45.4 Å². The minimum Gasteiger partial charge on any atom is -0.382 e. The molecule has 7 heteroatoms. The second kappa shape index (κ2) is 15.1. The van der Waals surface area contributed by atoms with E-state index < -0.39 is 0 Å². The van der Waals surface area contributed by atoms with Gasteiger partial charge in [-0.2, -0.15) is 0 Å². The summed E-state index contributed by atoms with van der Waals surface area (Å²) in [5.74, 6) is 0.811. The highest BCUT2D eigenvalue weighted by Gasteiger charge is 2.14. The van der Waals surface area contributed by atoms with Gasteiger partial charge in [-0.15, -0.1) is 24.0 Å². The molecule has 27 heavy (non-hydrogen) atoms. The van der Waals surface area contributed by atoms with Gasteiger partial charge >= 0.3 is 0 Å². The zero-order valence-electron chi connectivity index (χ0n) is 16.5. The fourth-order valence-electron chi connectivity index (χ4n) is 2.82. The third-order valence-electron chi connectivity index (χ3n) is 4.29. The van der Waals surface area contributed by atoms with Crippen LogP contribution in [-0.2, 0) is 27.4 Å². The lowest BCUT2D eigenvalue weighted by Crippen LogP contribution is -2.37. The molecule has 1 aliphatic heterocycles. The van der Waals surface area contributed by atoms with E-state index in [-0.39, 0.29) is 24.0 Å². The number of ether oxygens (including phenoxy) is 3. The molecule has 154 valence electrons. The second-order valence-electron chi connectivity index (χ2n) is 6.35. The summed E-state index contributed by atoms with van der Waals surface area (Å²) in [6.45, 7) is 7.41. The Labute approximate surface area is 180 Å². The topological polar surface area (TPSA) is 64.1 Å². The van der Waals surface area contributed by atoms with Crippen molar-refractivity contribution in [1.29, 1.82) is 0 Å². The van der Waals surface area contributed by atoms with E-state index in [1.165, 1.54) is 11.1 Å². The van der Waals surface area contributed by atoms with Crippen molar-refractivity contribution in [3.63, 3.8) is 0 Å². The second-order valence-corrected chi connectivity index (χ2v) is 6.35. The lowest BCUT2D eigenvalue weighted by molar-refractivity contribution is -0.0390. The van der Waals surface area contributed by atoms with Gasteiger partial charge in [0.2, 0.25) is 0 Å². The molecule has 2 N–H and O–H groups in total. The Bertz CT molecular complexity index is 537. The number of nitrogens with zero attached hydrogens (tertiary/aromatic N) is 1. The van der Waals surface area contributed by atoms with E-state index in [0.717, 1.165) is 64.7 Å². The van der Waals surface area contributed by atoms with Crippen LogP contribution in [0.3, 0.4) is 0 Å². The molecule has 0 saturated carbocycles. The van der Waals surface area contributed by atoms with E-state index in [1.54, 1.807) is 7.05 Å². The monoisotopic (exact) mass is 491 g/mol. The van der Waals surface area contributed by atoms with E-state index >= 15 is 0 Å². The van der Waals surface area contributed by atoms with Crippen LogP contribution in [0.5, 0.6) is 0 Å². The maximum atomic E-state index is 6.01. The minimum atomic E-state index is 0. The van der Waals surface area contributed by atoms with Gasteiger partial charge < -0.3 is 24.8 Å². The van der Waals surface area contributed by atoms with Crippen molar-refractivity contribution in [3.8, 4) is 0 Å². The molecule has 1 saturated heterocycles. The first kappa shape index (κ1) is 24.1. The molecule has 6 nitrogen and oxygen atoms in total. The maximum Gasteiger partial charge on any atom is 0.191 e. The van der Waals surface area contributed by atoms with Crippen molar-refractivity contribution in [2.24, 2.45) is 4.99 Å². The molecule has 1 aromatic carbocycles. The molecule has 0 spiro atoms. The Morgan fingerprint density at radius 2 is 2.00 bits per heavy atom. The van der Waals surface area contributed by atoms with E-state index in [1.807, 2.05) is 6.92 Å². The first-order chi connectivity index (χ1) is 12.8. The molecule has 0 aliphatic carbocycles. The predicted molar refractivity (Wildman–Crippen MR) is 120 cm³/mol. The summed E-state index contributed by atoms with van der Waals surface area (Å²) in [6.07, 6.45) is 3.28. The number of halogens is 1. The van der Waals surface area contributed by atoms with Gasteiger partial charge in [0.25, 0.3) is 0 Å². The van der Waals surface area contributed by atoms with Gasteiger partial charge in [0.15, 0.2) is 5.96 Å². The Balaban J connectivity index is 0.00000364.